The number of carbonyl (C=O) groups is 1. The molecule has 0 amide bonds. The zero-order valence-electron chi connectivity index (χ0n) is 41.0. The minimum Gasteiger partial charge on any atom is -0.203 e. The van der Waals surface area contributed by atoms with Crippen LogP contribution in [0.25, 0.3) is 10.8 Å². The normalized spacial score (nSPS) is 14.8. The summed E-state index contributed by atoms with van der Waals surface area (Å²) in [5.41, 5.74) is -0.277. The van der Waals surface area contributed by atoms with E-state index < -0.39 is 202 Å². The Morgan fingerprint density at radius 2 is 0.821 bits per heavy atom. The Balaban J connectivity index is 1.88. The molecule has 0 N–H and O–H groups in total. The molecule has 0 bridgehead atoms. The minimum absolute atomic E-state index is 0.110. The van der Waals surface area contributed by atoms with Crippen LogP contribution in [0.15, 0.2) is 54.6 Å². The van der Waals surface area contributed by atoms with Gasteiger partial charge in [-0.1, -0.05) is 0 Å². The summed E-state index contributed by atoms with van der Waals surface area (Å²) in [6, 6.07) is 12.8. The molecule has 6 nitrogen and oxygen atoms in total. The summed E-state index contributed by atoms with van der Waals surface area (Å²) in [7, 11) is 0.651. The summed E-state index contributed by atoms with van der Waals surface area (Å²) in [6.45, 7) is -3.25. The van der Waals surface area contributed by atoms with E-state index in [4.69, 9.17) is 18.9 Å². The number of methoxy groups -OCH3 is 1. The van der Waals surface area contributed by atoms with Crippen LogP contribution in [0.3, 0.4) is 0 Å². The number of esters is 1. The van der Waals surface area contributed by atoms with Crippen molar-refractivity contribution in [2.45, 2.75) is 145 Å². The number of carbonyl (C=O) groups excluding carboxylic acids is 1. The molecule has 0 heterocycles. The van der Waals surface area contributed by atoms with E-state index in [0.717, 1.165) is 5.39 Å². The van der Waals surface area contributed by atoms with Crippen molar-refractivity contribution < 1.29 is 182 Å². The molecule has 0 saturated carbocycles. The average Bonchev–Trinajstić information content (AvgIpc) is 0.772. The number of halogens is 32. The molecule has 39 heteroatoms. The molecule has 84 heavy (non-hydrogen) atoms. The average molecular weight is 1340 g/mol. The fourth-order valence-electron chi connectivity index (χ4n) is 6.90. The molecule has 485 valence electrons. The van der Waals surface area contributed by atoms with Gasteiger partial charge in [0.25, 0.3) is 0 Å². The van der Waals surface area contributed by atoms with Crippen molar-refractivity contribution in [3.05, 3.63) is 65.7 Å². The van der Waals surface area contributed by atoms with Crippen molar-refractivity contribution in [2.24, 2.45) is 0 Å². The van der Waals surface area contributed by atoms with E-state index in [-0.39, 0.29) is 5.36 Å². The Hall–Kier alpha value is -5.14. The Morgan fingerprint density at radius 3 is 1.20 bits per heavy atom. The fraction of sp³-hybridized carbons (Fsp3) is 0.622. The van der Waals surface area contributed by atoms with Crippen LogP contribution in [0.2, 0.25) is 5.36 Å². The Morgan fingerprint density at radius 1 is 0.464 bits per heavy atom. The molecule has 3 aromatic carbocycles. The van der Waals surface area contributed by atoms with Crippen LogP contribution < -0.4 is 14.2 Å². The molecule has 0 aliphatic heterocycles. The van der Waals surface area contributed by atoms with Gasteiger partial charge in [0.2, 0.25) is 0 Å². The van der Waals surface area contributed by atoms with Crippen molar-refractivity contribution in [1.82, 2.24) is 0 Å². The van der Waals surface area contributed by atoms with Gasteiger partial charge in [-0.25, -0.2) is 17.6 Å². The van der Waals surface area contributed by atoms with Crippen molar-refractivity contribution in [3.8, 4) is 17.2 Å². The molecule has 0 aliphatic carbocycles. The van der Waals surface area contributed by atoms with E-state index in [1.54, 1.807) is 42.5 Å². The molecule has 0 fully saturated rings. The number of ether oxygens (including phenoxy) is 4. The van der Waals surface area contributed by atoms with Crippen molar-refractivity contribution in [2.75, 3.05) is 26.9 Å². The Bertz CT molecular complexity index is 2620. The van der Waals surface area contributed by atoms with Crippen LogP contribution in [0.1, 0.15) is 54.4 Å². The fourth-order valence-corrected chi connectivity index (χ4v) is 8.19. The van der Waals surface area contributed by atoms with E-state index in [0.29, 0.717) is 30.2 Å². The van der Waals surface area contributed by atoms with Crippen LogP contribution in [0.5, 0.6) is 17.2 Å². The molecule has 3 aromatic rings. The Kier molecular flexibility index (Phi) is 21.7. The van der Waals surface area contributed by atoms with Crippen molar-refractivity contribution in [3.63, 3.8) is 0 Å². The van der Waals surface area contributed by atoms with Gasteiger partial charge in [0, 0.05) is 0 Å². The molecular formula is C45H36CoF32O6. The monoisotopic (exact) mass is 1340 g/mol. The molecule has 0 aromatic heterocycles. The zero-order valence-corrected chi connectivity index (χ0v) is 42.0. The summed E-state index contributed by atoms with van der Waals surface area (Å²) in [6.07, 6.45) is -23.8. The SMILES string of the molecule is COc1c(OCCCCC(F)(F)C(F)(F)C(F)(F)C(F)(F)C(F)(F)C(F)(F)C(F)(F)C(F)F)cc(C(=O)OC[CH2][Co](=[O])[CH2]c2cccc3ccccc23)cc1OCCCCC(F)(F)C(F)(F)C(F)(F)C(F)(F)C(F)(F)C(F)(F)C(F)(F)C(F)F. The smallest absolute Gasteiger partial charge is 0.203 e. The zero-order chi connectivity index (χ0) is 65.3. The molecule has 0 aliphatic rings. The standard InChI is InChI=1S/C34H27F32O5.C11H9.Co.O/c1-3-69-18(67)14-12-15(70-10-6-4-8-21(39,40)25(47,48)29(55,56)33(63,64)31(59,60)27(51,52)23(43,44)19(35)36)17(68-2)16(13-14)71-11-7-5-9-22(41,42)26(49,50)30(57,58)34(65,66)32(61,62)28(53,54)24(45,46)20(37)38;1-9-5-4-7-10-6-2-3-8-11(9)10;;/h12-13,19-20H,1,3-11H2,2H3;2-8H,1H2;;. The molecule has 0 atom stereocenters. The second kappa shape index (κ2) is 24.9. The number of hydrogen-bond donors (Lipinski definition) is 0. The topological polar surface area (TPSA) is 71.1 Å². The van der Waals surface area contributed by atoms with Crippen LogP contribution in [0.4, 0.5) is 140 Å². The summed E-state index contributed by atoms with van der Waals surface area (Å²) in [5, 5.41) is 0.881. The number of benzene rings is 3. The van der Waals surface area contributed by atoms with E-state index in [9.17, 15) is 149 Å². The van der Waals surface area contributed by atoms with E-state index in [1.165, 1.54) is 0 Å². The molecule has 0 spiro atoms. The first-order chi connectivity index (χ1) is 37.7. The van der Waals surface area contributed by atoms with Gasteiger partial charge in [-0.2, -0.15) is 123 Å². The van der Waals surface area contributed by atoms with Crippen molar-refractivity contribution in [1.29, 1.82) is 0 Å². The van der Waals surface area contributed by atoms with Gasteiger partial charge in [-0.3, -0.25) is 0 Å². The number of alkyl halides is 32. The summed E-state index contributed by atoms with van der Waals surface area (Å²) in [5.74, 6) is -117. The van der Waals surface area contributed by atoms with Gasteiger partial charge in [-0.05, 0) is 0 Å². The van der Waals surface area contributed by atoms with Gasteiger partial charge in [-0.15, -0.1) is 0 Å². The molecule has 0 unspecified atom stereocenters. The predicted octanol–water partition coefficient (Wildman–Crippen LogP) is 17.1. The number of unbranched alkanes of at least 4 members (excludes halogenated alkanes) is 2. The molecule has 0 saturated heterocycles. The van der Waals surface area contributed by atoms with Gasteiger partial charge >= 0.3 is 313 Å². The molecule has 0 radical (unpaired) electrons. The third-order valence-electron chi connectivity index (χ3n) is 11.8. The molecule has 3 rings (SSSR count). The minimum atomic E-state index is -8.68. The third-order valence-corrected chi connectivity index (χ3v) is 13.4. The maximum absolute atomic E-state index is 14.5. The van der Waals surface area contributed by atoms with Gasteiger partial charge < -0.3 is 0 Å². The Labute approximate surface area is 453 Å². The first-order valence-electron chi connectivity index (χ1n) is 22.4. The predicted molar refractivity (Wildman–Crippen MR) is 216 cm³/mol. The van der Waals surface area contributed by atoms with Crippen LogP contribution >= 0.6 is 0 Å². The van der Waals surface area contributed by atoms with E-state index in [2.05, 4.69) is 0 Å². The summed E-state index contributed by atoms with van der Waals surface area (Å²) >= 11 is -2.22. The van der Waals surface area contributed by atoms with Crippen LogP contribution in [-0.2, 0) is 27.5 Å². The first kappa shape index (κ1) is 73.1. The summed E-state index contributed by atoms with van der Waals surface area (Å²) < 4.78 is 474. The second-order valence-corrected chi connectivity index (χ2v) is 19.5. The van der Waals surface area contributed by atoms with Gasteiger partial charge in [0.15, 0.2) is 0 Å². The molecular weight excluding hydrogens is 1300 g/mol. The number of fused-ring (bicyclic) bond motifs is 1. The van der Waals surface area contributed by atoms with Crippen molar-refractivity contribution >= 4 is 16.7 Å². The number of hydrogen-bond acceptors (Lipinski definition) is 6. The van der Waals surface area contributed by atoms with Crippen LogP contribution in [-0.4, -0.2) is 129 Å². The first-order valence-corrected chi connectivity index (χ1v) is 24.3. The quantitative estimate of drug-likeness (QED) is 0.0344. The maximum atomic E-state index is 14.5. The third kappa shape index (κ3) is 12.8. The van der Waals surface area contributed by atoms with E-state index in [1.807, 2.05) is 0 Å². The number of rotatable bonds is 33. The van der Waals surface area contributed by atoms with Gasteiger partial charge in [0.1, 0.15) is 0 Å². The second-order valence-electron chi connectivity index (χ2n) is 17.5. The van der Waals surface area contributed by atoms with Crippen LogP contribution in [0, 0.1) is 0 Å². The van der Waals surface area contributed by atoms with Gasteiger partial charge in [0.05, 0.1) is 0 Å². The summed E-state index contributed by atoms with van der Waals surface area (Å²) in [4.78, 5) is 13.2. The van der Waals surface area contributed by atoms with E-state index >= 15 is 0 Å².